The van der Waals surface area contributed by atoms with Crippen LogP contribution in [0.2, 0.25) is 0 Å². The highest BCUT2D eigenvalue weighted by atomic mass is 16.5. The van der Waals surface area contributed by atoms with E-state index in [2.05, 4.69) is 10.1 Å². The van der Waals surface area contributed by atoms with E-state index >= 15 is 0 Å². The Morgan fingerprint density at radius 3 is 2.82 bits per heavy atom. The second-order valence-corrected chi connectivity index (χ2v) is 4.22. The van der Waals surface area contributed by atoms with Gasteiger partial charge in [0.2, 0.25) is 0 Å². The minimum absolute atomic E-state index is 0.188. The van der Waals surface area contributed by atoms with Crippen LogP contribution in [0.3, 0.4) is 0 Å². The van der Waals surface area contributed by atoms with Gasteiger partial charge in [0.15, 0.2) is 5.82 Å². The smallest absolute Gasteiger partial charge is 0.261 e. The van der Waals surface area contributed by atoms with Gasteiger partial charge in [0.1, 0.15) is 5.75 Å². The molecule has 0 fully saturated rings. The molecule has 1 heterocycles. The zero-order valence-corrected chi connectivity index (χ0v) is 10.1. The summed E-state index contributed by atoms with van der Waals surface area (Å²) in [5, 5.41) is 13.8. The van der Waals surface area contributed by atoms with E-state index in [1.54, 1.807) is 6.07 Å². The van der Waals surface area contributed by atoms with Crippen LogP contribution in [-0.2, 0) is 6.54 Å². The van der Waals surface area contributed by atoms with Crippen LogP contribution in [0.15, 0.2) is 22.7 Å². The van der Waals surface area contributed by atoms with Gasteiger partial charge in [-0.1, -0.05) is 17.3 Å². The van der Waals surface area contributed by atoms with E-state index in [-0.39, 0.29) is 5.75 Å². The van der Waals surface area contributed by atoms with Gasteiger partial charge in [0.25, 0.3) is 5.89 Å². The van der Waals surface area contributed by atoms with Crippen molar-refractivity contribution in [3.8, 4) is 17.2 Å². The monoisotopic (exact) mass is 233 g/mol. The van der Waals surface area contributed by atoms with Crippen LogP contribution in [0.4, 0.5) is 0 Å². The lowest BCUT2D eigenvalue weighted by atomic mass is 10.1. The number of hydrogen-bond acceptors (Lipinski definition) is 5. The molecule has 2 rings (SSSR count). The van der Waals surface area contributed by atoms with E-state index in [1.165, 1.54) is 0 Å². The molecule has 1 aromatic carbocycles. The normalized spacial score (nSPS) is 11.1. The van der Waals surface area contributed by atoms with Crippen molar-refractivity contribution < 1.29 is 9.63 Å². The number of aromatic hydroxyl groups is 1. The molecule has 0 aliphatic heterocycles. The molecular weight excluding hydrogens is 218 g/mol. The van der Waals surface area contributed by atoms with Gasteiger partial charge in [0, 0.05) is 0 Å². The zero-order valence-electron chi connectivity index (χ0n) is 10.1. The SMILES string of the molecule is Cc1cccc(-c2nc(CN(C)C)no2)c1O. The summed E-state index contributed by atoms with van der Waals surface area (Å²) < 4.78 is 5.14. The fourth-order valence-electron chi connectivity index (χ4n) is 1.54. The number of hydrogen-bond donors (Lipinski definition) is 1. The highest BCUT2D eigenvalue weighted by Gasteiger charge is 2.14. The summed E-state index contributed by atoms with van der Waals surface area (Å²) in [4.78, 5) is 6.19. The Morgan fingerprint density at radius 2 is 2.12 bits per heavy atom. The van der Waals surface area contributed by atoms with Crippen molar-refractivity contribution in [2.75, 3.05) is 14.1 Å². The Morgan fingerprint density at radius 1 is 1.35 bits per heavy atom. The van der Waals surface area contributed by atoms with Crippen LogP contribution >= 0.6 is 0 Å². The topological polar surface area (TPSA) is 62.4 Å². The van der Waals surface area contributed by atoms with Crippen LogP contribution in [-0.4, -0.2) is 34.2 Å². The van der Waals surface area contributed by atoms with Crippen LogP contribution in [0.5, 0.6) is 5.75 Å². The molecule has 5 heteroatoms. The summed E-state index contributed by atoms with van der Waals surface area (Å²) in [6.45, 7) is 2.44. The lowest BCUT2D eigenvalue weighted by Gasteiger charge is -2.03. The number of para-hydroxylation sites is 1. The summed E-state index contributed by atoms with van der Waals surface area (Å²) in [6, 6.07) is 5.44. The first kappa shape index (κ1) is 11.6. The molecular formula is C12H15N3O2. The minimum Gasteiger partial charge on any atom is -0.507 e. The predicted octanol–water partition coefficient (Wildman–Crippen LogP) is 1.81. The second-order valence-electron chi connectivity index (χ2n) is 4.22. The Balaban J connectivity index is 2.34. The fraction of sp³-hybridized carbons (Fsp3) is 0.333. The van der Waals surface area contributed by atoms with Crippen molar-refractivity contribution in [3.63, 3.8) is 0 Å². The quantitative estimate of drug-likeness (QED) is 0.876. The largest absolute Gasteiger partial charge is 0.507 e. The number of aromatic nitrogens is 2. The van der Waals surface area contributed by atoms with Crippen molar-refractivity contribution in [3.05, 3.63) is 29.6 Å². The summed E-state index contributed by atoms with van der Waals surface area (Å²) in [5.74, 6) is 1.14. The molecule has 5 nitrogen and oxygen atoms in total. The van der Waals surface area contributed by atoms with Gasteiger partial charge in [-0.25, -0.2) is 0 Å². The molecule has 0 saturated heterocycles. The Hall–Kier alpha value is -1.88. The molecule has 2 aromatic rings. The maximum absolute atomic E-state index is 9.90. The van der Waals surface area contributed by atoms with E-state index in [0.29, 0.717) is 23.8 Å². The number of phenols is 1. The molecule has 0 bridgehead atoms. The van der Waals surface area contributed by atoms with Crippen LogP contribution in [0.25, 0.3) is 11.5 Å². The third-order valence-electron chi connectivity index (χ3n) is 2.39. The first-order chi connectivity index (χ1) is 8.08. The summed E-state index contributed by atoms with van der Waals surface area (Å²) in [6.07, 6.45) is 0. The number of benzene rings is 1. The third-order valence-corrected chi connectivity index (χ3v) is 2.39. The minimum atomic E-state index is 0.188. The molecule has 1 aromatic heterocycles. The van der Waals surface area contributed by atoms with Crippen LogP contribution in [0.1, 0.15) is 11.4 Å². The van der Waals surface area contributed by atoms with Gasteiger partial charge in [-0.15, -0.1) is 0 Å². The molecule has 0 aliphatic rings. The standard InChI is InChI=1S/C12H15N3O2/c1-8-5-4-6-9(11(8)16)12-13-10(14-17-12)7-15(2)3/h4-6,16H,7H2,1-3H3. The summed E-state index contributed by atoms with van der Waals surface area (Å²) >= 11 is 0. The molecule has 0 spiro atoms. The molecule has 0 amide bonds. The van der Waals surface area contributed by atoms with Gasteiger partial charge in [-0.3, -0.25) is 0 Å². The van der Waals surface area contributed by atoms with Crippen molar-refractivity contribution in [1.29, 1.82) is 0 Å². The van der Waals surface area contributed by atoms with Crippen molar-refractivity contribution >= 4 is 0 Å². The first-order valence-electron chi connectivity index (χ1n) is 5.34. The lowest BCUT2D eigenvalue weighted by Crippen LogP contribution is -2.11. The Labute approximate surface area is 99.7 Å². The van der Waals surface area contributed by atoms with E-state index in [4.69, 9.17) is 4.52 Å². The number of phenolic OH excluding ortho intramolecular Hbond substituents is 1. The van der Waals surface area contributed by atoms with Crippen LogP contribution in [0, 0.1) is 6.92 Å². The molecule has 0 unspecified atom stereocenters. The molecule has 0 saturated carbocycles. The highest BCUT2D eigenvalue weighted by molar-refractivity contribution is 5.64. The molecule has 17 heavy (non-hydrogen) atoms. The summed E-state index contributed by atoms with van der Waals surface area (Å²) in [5.41, 5.74) is 1.36. The molecule has 0 atom stereocenters. The van der Waals surface area contributed by atoms with Crippen LogP contribution < -0.4 is 0 Å². The average Bonchev–Trinajstić information content (AvgIpc) is 2.69. The van der Waals surface area contributed by atoms with Gasteiger partial charge in [-0.05, 0) is 32.6 Å². The van der Waals surface area contributed by atoms with Crippen molar-refractivity contribution in [2.24, 2.45) is 0 Å². The lowest BCUT2D eigenvalue weighted by molar-refractivity contribution is 0.365. The molecule has 90 valence electrons. The van der Waals surface area contributed by atoms with E-state index in [9.17, 15) is 5.11 Å². The van der Waals surface area contributed by atoms with Gasteiger partial charge >= 0.3 is 0 Å². The second kappa shape index (κ2) is 4.55. The van der Waals surface area contributed by atoms with Gasteiger partial charge < -0.3 is 14.5 Å². The maximum Gasteiger partial charge on any atom is 0.261 e. The zero-order chi connectivity index (χ0) is 12.4. The predicted molar refractivity (Wildman–Crippen MR) is 63.5 cm³/mol. The van der Waals surface area contributed by atoms with Gasteiger partial charge in [0.05, 0.1) is 12.1 Å². The highest BCUT2D eigenvalue weighted by Crippen LogP contribution is 2.30. The number of nitrogens with zero attached hydrogens (tertiary/aromatic N) is 3. The first-order valence-corrected chi connectivity index (χ1v) is 5.34. The molecule has 0 radical (unpaired) electrons. The average molecular weight is 233 g/mol. The van der Waals surface area contributed by atoms with E-state index in [0.717, 1.165) is 5.56 Å². The fourth-order valence-corrected chi connectivity index (χ4v) is 1.54. The van der Waals surface area contributed by atoms with E-state index < -0.39 is 0 Å². The molecule has 0 aliphatic carbocycles. The van der Waals surface area contributed by atoms with E-state index in [1.807, 2.05) is 38.1 Å². The Kier molecular flexibility index (Phi) is 3.10. The van der Waals surface area contributed by atoms with Crippen molar-refractivity contribution in [2.45, 2.75) is 13.5 Å². The van der Waals surface area contributed by atoms with Gasteiger partial charge in [-0.2, -0.15) is 4.98 Å². The third kappa shape index (κ3) is 2.45. The maximum atomic E-state index is 9.90. The summed E-state index contributed by atoms with van der Waals surface area (Å²) in [7, 11) is 3.86. The Bertz CT molecular complexity index is 520. The van der Waals surface area contributed by atoms with Crippen molar-refractivity contribution in [1.82, 2.24) is 15.0 Å². The number of rotatable bonds is 3. The number of aryl methyl sites for hydroxylation is 1. The molecule has 1 N–H and O–H groups in total.